The van der Waals surface area contributed by atoms with Crippen LogP contribution in [0.5, 0.6) is 0 Å². The van der Waals surface area contributed by atoms with E-state index in [0.717, 1.165) is 31.2 Å². The predicted molar refractivity (Wildman–Crippen MR) is 73.8 cm³/mol. The van der Waals surface area contributed by atoms with Gasteiger partial charge in [-0.3, -0.25) is 0 Å². The van der Waals surface area contributed by atoms with Crippen LogP contribution in [0.2, 0.25) is 0 Å². The average Bonchev–Trinajstić information content (AvgIpc) is 2.39. The summed E-state index contributed by atoms with van der Waals surface area (Å²) in [7, 11) is 0. The molecule has 1 aromatic rings. The van der Waals surface area contributed by atoms with Crippen LogP contribution in [0.3, 0.4) is 0 Å². The van der Waals surface area contributed by atoms with E-state index in [0.29, 0.717) is 6.42 Å². The summed E-state index contributed by atoms with van der Waals surface area (Å²) in [4.78, 5) is 0. The maximum atomic E-state index is 10.3. The third-order valence-corrected chi connectivity index (χ3v) is 4.28. The van der Waals surface area contributed by atoms with Gasteiger partial charge in [0.1, 0.15) is 0 Å². The minimum atomic E-state index is -0.623. The van der Waals surface area contributed by atoms with E-state index in [-0.39, 0.29) is 11.3 Å². The molecule has 4 atom stereocenters. The highest BCUT2D eigenvalue weighted by Crippen LogP contribution is 2.30. The molecule has 0 heterocycles. The molecule has 2 N–H and O–H groups in total. The second kappa shape index (κ2) is 6.55. The zero-order valence-corrected chi connectivity index (χ0v) is 11.3. The lowest BCUT2D eigenvalue weighted by Crippen LogP contribution is -2.40. The number of alkyl halides is 1. The van der Waals surface area contributed by atoms with Crippen LogP contribution >= 0.6 is 11.6 Å². The van der Waals surface area contributed by atoms with Gasteiger partial charge in [-0.25, -0.2) is 0 Å². The molecule has 0 unspecified atom stereocenters. The molecule has 1 saturated carbocycles. The van der Waals surface area contributed by atoms with E-state index in [1.165, 1.54) is 0 Å². The lowest BCUT2D eigenvalue weighted by molar-refractivity contribution is -0.0135. The quantitative estimate of drug-likeness (QED) is 0.825. The van der Waals surface area contributed by atoms with Crippen LogP contribution in [-0.2, 0) is 6.42 Å². The normalized spacial score (nSPS) is 27.7. The molecule has 18 heavy (non-hydrogen) atoms. The summed E-state index contributed by atoms with van der Waals surface area (Å²) in [6.45, 7) is 0. The van der Waals surface area contributed by atoms with E-state index in [4.69, 9.17) is 11.6 Å². The van der Waals surface area contributed by atoms with Crippen molar-refractivity contribution in [2.45, 2.75) is 49.7 Å². The highest BCUT2D eigenvalue weighted by atomic mass is 35.5. The molecule has 1 aliphatic carbocycles. The Hall–Kier alpha value is -0.570. The van der Waals surface area contributed by atoms with Crippen molar-refractivity contribution < 1.29 is 10.2 Å². The molecule has 0 saturated heterocycles. The third-order valence-electron chi connectivity index (χ3n) is 3.86. The van der Waals surface area contributed by atoms with E-state index in [9.17, 15) is 10.2 Å². The van der Waals surface area contributed by atoms with Crippen LogP contribution in [-0.4, -0.2) is 27.8 Å². The van der Waals surface area contributed by atoms with E-state index >= 15 is 0 Å². The highest BCUT2D eigenvalue weighted by Gasteiger charge is 2.33. The summed E-state index contributed by atoms with van der Waals surface area (Å²) >= 11 is 6.30. The van der Waals surface area contributed by atoms with Gasteiger partial charge in [0.05, 0.1) is 17.6 Å². The molecular weight excluding hydrogens is 248 g/mol. The SMILES string of the molecule is O[C@H]([C@@H]1CCCC[C@H]1O)[C@@H](Cl)Cc1ccccc1. The summed E-state index contributed by atoms with van der Waals surface area (Å²) in [5.74, 6) is -0.0648. The molecule has 0 amide bonds. The fourth-order valence-electron chi connectivity index (χ4n) is 2.77. The first kappa shape index (κ1) is 13.9. The lowest BCUT2D eigenvalue weighted by Gasteiger charge is -2.33. The second-order valence-corrected chi connectivity index (χ2v) is 5.77. The minimum absolute atomic E-state index is 0.0648. The van der Waals surface area contributed by atoms with Gasteiger partial charge in [-0.2, -0.15) is 0 Å². The monoisotopic (exact) mass is 268 g/mol. The molecule has 0 spiro atoms. The predicted octanol–water partition coefficient (Wildman–Crippen LogP) is 2.75. The number of rotatable bonds is 4. The maximum absolute atomic E-state index is 10.3. The second-order valence-electron chi connectivity index (χ2n) is 5.21. The minimum Gasteiger partial charge on any atom is -0.393 e. The van der Waals surface area contributed by atoms with Crippen molar-refractivity contribution in [2.24, 2.45) is 5.92 Å². The molecule has 100 valence electrons. The van der Waals surface area contributed by atoms with Gasteiger partial charge in [0.15, 0.2) is 0 Å². The molecule has 1 aliphatic rings. The Morgan fingerprint density at radius 3 is 2.50 bits per heavy atom. The first-order valence-corrected chi connectivity index (χ1v) is 7.16. The molecule has 0 bridgehead atoms. The van der Waals surface area contributed by atoms with Crippen LogP contribution in [0, 0.1) is 5.92 Å². The van der Waals surface area contributed by atoms with Gasteiger partial charge in [0.25, 0.3) is 0 Å². The standard InChI is InChI=1S/C15H21ClO2/c16-13(10-11-6-2-1-3-7-11)15(18)12-8-4-5-9-14(12)17/h1-3,6-7,12-15,17-18H,4-5,8-10H2/t12-,13+,14-,15-/m1/s1. The largest absolute Gasteiger partial charge is 0.393 e. The first-order chi connectivity index (χ1) is 8.68. The Balaban J connectivity index is 1.93. The number of aliphatic hydroxyl groups is 2. The lowest BCUT2D eigenvalue weighted by atomic mass is 9.81. The molecule has 0 radical (unpaired) electrons. The zero-order chi connectivity index (χ0) is 13.0. The fourth-order valence-corrected chi connectivity index (χ4v) is 3.13. The van der Waals surface area contributed by atoms with E-state index in [1.54, 1.807) is 0 Å². The number of benzene rings is 1. The van der Waals surface area contributed by atoms with Crippen LogP contribution in [0.25, 0.3) is 0 Å². The van der Waals surface area contributed by atoms with Gasteiger partial charge in [0.2, 0.25) is 0 Å². The van der Waals surface area contributed by atoms with Gasteiger partial charge in [0, 0.05) is 5.92 Å². The highest BCUT2D eigenvalue weighted by molar-refractivity contribution is 6.21. The van der Waals surface area contributed by atoms with Gasteiger partial charge >= 0.3 is 0 Å². The van der Waals surface area contributed by atoms with Crippen molar-refractivity contribution in [2.75, 3.05) is 0 Å². The van der Waals surface area contributed by atoms with E-state index < -0.39 is 12.2 Å². The summed E-state index contributed by atoms with van der Waals surface area (Å²) in [6, 6.07) is 9.94. The average molecular weight is 269 g/mol. The molecule has 2 rings (SSSR count). The van der Waals surface area contributed by atoms with Crippen LogP contribution in [0.1, 0.15) is 31.2 Å². The van der Waals surface area contributed by atoms with E-state index in [2.05, 4.69) is 0 Å². The molecule has 0 aromatic heterocycles. The number of hydrogen-bond acceptors (Lipinski definition) is 2. The third kappa shape index (κ3) is 3.47. The first-order valence-electron chi connectivity index (χ1n) is 6.72. The maximum Gasteiger partial charge on any atom is 0.0759 e. The fraction of sp³-hybridized carbons (Fsp3) is 0.600. The van der Waals surface area contributed by atoms with Crippen molar-refractivity contribution in [1.29, 1.82) is 0 Å². The Morgan fingerprint density at radius 1 is 1.17 bits per heavy atom. The Labute approximate surface area is 114 Å². The number of hydrogen-bond donors (Lipinski definition) is 2. The van der Waals surface area contributed by atoms with Crippen molar-refractivity contribution in [3.63, 3.8) is 0 Å². The summed E-state index contributed by atoms with van der Waals surface area (Å²) in [5.41, 5.74) is 1.13. The van der Waals surface area contributed by atoms with Crippen LogP contribution in [0.4, 0.5) is 0 Å². The van der Waals surface area contributed by atoms with Gasteiger partial charge in [-0.15, -0.1) is 11.6 Å². The van der Waals surface area contributed by atoms with Crippen molar-refractivity contribution in [3.05, 3.63) is 35.9 Å². The summed E-state index contributed by atoms with van der Waals surface area (Å²) in [5, 5.41) is 19.9. The Morgan fingerprint density at radius 2 is 1.83 bits per heavy atom. The summed E-state index contributed by atoms with van der Waals surface area (Å²) in [6.07, 6.45) is 3.42. The zero-order valence-electron chi connectivity index (χ0n) is 10.5. The van der Waals surface area contributed by atoms with Crippen molar-refractivity contribution in [3.8, 4) is 0 Å². The Bertz CT molecular complexity index is 355. The van der Waals surface area contributed by atoms with Gasteiger partial charge in [-0.1, -0.05) is 43.2 Å². The van der Waals surface area contributed by atoms with Crippen molar-refractivity contribution >= 4 is 11.6 Å². The Kier molecular flexibility index (Phi) is 5.04. The molecule has 0 aliphatic heterocycles. The van der Waals surface area contributed by atoms with Gasteiger partial charge < -0.3 is 10.2 Å². The molecule has 1 fully saturated rings. The smallest absolute Gasteiger partial charge is 0.0759 e. The molecular formula is C15H21ClO2. The topological polar surface area (TPSA) is 40.5 Å². The van der Waals surface area contributed by atoms with Crippen LogP contribution in [0.15, 0.2) is 30.3 Å². The molecule has 2 nitrogen and oxygen atoms in total. The molecule has 1 aromatic carbocycles. The number of aliphatic hydroxyl groups excluding tert-OH is 2. The number of halogens is 1. The van der Waals surface area contributed by atoms with Gasteiger partial charge in [-0.05, 0) is 24.8 Å². The van der Waals surface area contributed by atoms with E-state index in [1.807, 2.05) is 30.3 Å². The summed E-state index contributed by atoms with van der Waals surface area (Å²) < 4.78 is 0. The van der Waals surface area contributed by atoms with Crippen molar-refractivity contribution in [1.82, 2.24) is 0 Å². The molecule has 3 heteroatoms. The van der Waals surface area contributed by atoms with Crippen LogP contribution < -0.4 is 0 Å².